The highest BCUT2D eigenvalue weighted by atomic mass is 35.5. The molecule has 0 saturated heterocycles. The van der Waals surface area contributed by atoms with E-state index in [0.717, 1.165) is 0 Å². The van der Waals surface area contributed by atoms with Crippen molar-refractivity contribution in [1.82, 2.24) is 0 Å². The first-order chi connectivity index (χ1) is 9.54. The van der Waals surface area contributed by atoms with Crippen LogP contribution in [0.1, 0.15) is 0 Å². The van der Waals surface area contributed by atoms with Crippen LogP contribution in [0.25, 0.3) is 0 Å². The number of nitrogens with one attached hydrogen (secondary N) is 1. The smallest absolute Gasteiger partial charge is 0.261 e. The summed E-state index contributed by atoms with van der Waals surface area (Å²) in [7, 11) is -3.65. The lowest BCUT2D eigenvalue weighted by atomic mass is 10.3. The van der Waals surface area contributed by atoms with E-state index in [1.165, 1.54) is 24.3 Å². The molecule has 0 fully saturated rings. The fourth-order valence-corrected chi connectivity index (χ4v) is 2.96. The lowest BCUT2D eigenvalue weighted by Gasteiger charge is -2.08. The van der Waals surface area contributed by atoms with Gasteiger partial charge >= 0.3 is 0 Å². The summed E-state index contributed by atoms with van der Waals surface area (Å²) in [6, 6.07) is 10.8. The summed E-state index contributed by atoms with van der Waals surface area (Å²) in [5.74, 6) is 1.11. The van der Waals surface area contributed by atoms with Gasteiger partial charge in [0.15, 0.2) is 11.5 Å². The van der Waals surface area contributed by atoms with Crippen LogP contribution in [0.5, 0.6) is 11.5 Å². The first kappa shape index (κ1) is 13.1. The molecule has 0 aromatic heterocycles. The second-order valence-corrected chi connectivity index (χ2v) is 6.25. The molecule has 0 spiro atoms. The van der Waals surface area contributed by atoms with E-state index in [-0.39, 0.29) is 11.7 Å². The predicted octanol–water partition coefficient (Wildman–Crippen LogP) is 2.87. The quantitative estimate of drug-likeness (QED) is 0.946. The minimum Gasteiger partial charge on any atom is -0.454 e. The monoisotopic (exact) mass is 311 g/mol. The highest BCUT2D eigenvalue weighted by molar-refractivity contribution is 7.92. The molecule has 0 radical (unpaired) electrons. The second-order valence-electron chi connectivity index (χ2n) is 4.13. The Morgan fingerprint density at radius 1 is 1.00 bits per heavy atom. The number of hydrogen-bond acceptors (Lipinski definition) is 4. The molecule has 20 heavy (non-hydrogen) atoms. The van der Waals surface area contributed by atoms with Crippen molar-refractivity contribution >= 4 is 27.3 Å². The van der Waals surface area contributed by atoms with Crippen molar-refractivity contribution in [2.24, 2.45) is 0 Å². The Morgan fingerprint density at radius 3 is 2.45 bits per heavy atom. The summed E-state index contributed by atoms with van der Waals surface area (Å²) >= 11 is 5.74. The molecule has 2 aromatic carbocycles. The van der Waals surface area contributed by atoms with E-state index in [9.17, 15) is 8.42 Å². The van der Waals surface area contributed by atoms with Crippen LogP contribution < -0.4 is 14.2 Å². The molecule has 0 atom stereocenters. The highest BCUT2D eigenvalue weighted by Crippen LogP contribution is 2.34. The summed E-state index contributed by atoms with van der Waals surface area (Å²) in [6.45, 7) is 0.142. The Hall–Kier alpha value is -1.92. The van der Waals surface area contributed by atoms with Gasteiger partial charge in [0.1, 0.15) is 0 Å². The van der Waals surface area contributed by atoms with E-state index < -0.39 is 10.0 Å². The molecular formula is C13H10ClNO4S. The van der Waals surface area contributed by atoms with Crippen molar-refractivity contribution in [1.29, 1.82) is 0 Å². The Labute approximate surface area is 121 Å². The van der Waals surface area contributed by atoms with Gasteiger partial charge in [-0.15, -0.1) is 0 Å². The van der Waals surface area contributed by atoms with Crippen LogP contribution in [0, 0.1) is 0 Å². The topological polar surface area (TPSA) is 64.6 Å². The Balaban J connectivity index is 1.88. The molecule has 1 aliphatic heterocycles. The summed E-state index contributed by atoms with van der Waals surface area (Å²) in [5, 5.41) is 0.479. The predicted molar refractivity (Wildman–Crippen MR) is 74.8 cm³/mol. The maximum absolute atomic E-state index is 12.2. The molecule has 0 bridgehead atoms. The molecule has 5 nitrogen and oxygen atoms in total. The third kappa shape index (κ3) is 2.52. The van der Waals surface area contributed by atoms with Gasteiger partial charge in [-0.25, -0.2) is 8.42 Å². The van der Waals surface area contributed by atoms with Crippen molar-refractivity contribution in [2.75, 3.05) is 11.5 Å². The Kier molecular flexibility index (Phi) is 3.19. The van der Waals surface area contributed by atoms with Crippen molar-refractivity contribution in [3.63, 3.8) is 0 Å². The van der Waals surface area contributed by atoms with Gasteiger partial charge in [-0.2, -0.15) is 0 Å². The second kappa shape index (κ2) is 4.88. The molecular weight excluding hydrogens is 302 g/mol. The minimum atomic E-state index is -3.65. The van der Waals surface area contributed by atoms with E-state index in [4.69, 9.17) is 21.1 Å². The molecule has 1 heterocycles. The van der Waals surface area contributed by atoms with E-state index >= 15 is 0 Å². The van der Waals surface area contributed by atoms with Gasteiger partial charge < -0.3 is 9.47 Å². The number of fused-ring (bicyclic) bond motifs is 1. The van der Waals surface area contributed by atoms with Crippen molar-refractivity contribution in [3.05, 3.63) is 47.5 Å². The maximum Gasteiger partial charge on any atom is 0.261 e. The summed E-state index contributed by atoms with van der Waals surface area (Å²) in [4.78, 5) is 0.138. The van der Waals surface area contributed by atoms with Gasteiger partial charge in [0, 0.05) is 11.1 Å². The number of anilines is 1. The average Bonchev–Trinajstić information content (AvgIpc) is 2.86. The summed E-state index contributed by atoms with van der Waals surface area (Å²) < 4.78 is 37.2. The van der Waals surface area contributed by atoms with Gasteiger partial charge in [0.2, 0.25) is 6.79 Å². The molecule has 7 heteroatoms. The lowest BCUT2D eigenvalue weighted by molar-refractivity contribution is 0.174. The minimum absolute atomic E-state index is 0.138. The van der Waals surface area contributed by atoms with Crippen LogP contribution in [-0.2, 0) is 10.0 Å². The van der Waals surface area contributed by atoms with E-state index in [1.807, 2.05) is 0 Å². The molecule has 104 valence electrons. The molecule has 1 aliphatic rings. The molecule has 0 amide bonds. The number of rotatable bonds is 3. The van der Waals surface area contributed by atoms with Crippen molar-refractivity contribution < 1.29 is 17.9 Å². The van der Waals surface area contributed by atoms with Crippen molar-refractivity contribution in [2.45, 2.75) is 4.90 Å². The SMILES string of the molecule is O=S(=O)(Nc1ccc2c(c1)OCO2)c1ccc(Cl)cc1. The lowest BCUT2D eigenvalue weighted by Crippen LogP contribution is -2.12. The molecule has 2 aromatic rings. The third-order valence-electron chi connectivity index (χ3n) is 2.75. The molecule has 0 aliphatic carbocycles. The number of ether oxygens (including phenoxy) is 2. The Bertz CT molecular complexity index is 743. The molecule has 3 rings (SSSR count). The zero-order valence-corrected chi connectivity index (χ0v) is 11.7. The number of hydrogen-bond donors (Lipinski definition) is 1. The van der Waals surface area contributed by atoms with Crippen LogP contribution in [0.2, 0.25) is 5.02 Å². The Morgan fingerprint density at radius 2 is 1.70 bits per heavy atom. The van der Waals surface area contributed by atoms with Crippen LogP contribution in [0.15, 0.2) is 47.4 Å². The van der Waals surface area contributed by atoms with E-state index in [2.05, 4.69) is 4.72 Å². The van der Waals surface area contributed by atoms with Gasteiger partial charge in [0.05, 0.1) is 10.6 Å². The van der Waals surface area contributed by atoms with Gasteiger partial charge in [-0.05, 0) is 36.4 Å². The zero-order valence-electron chi connectivity index (χ0n) is 10.2. The first-order valence-electron chi connectivity index (χ1n) is 5.73. The number of sulfonamides is 1. The van der Waals surface area contributed by atoms with Gasteiger partial charge in [-0.1, -0.05) is 11.6 Å². The van der Waals surface area contributed by atoms with Crippen molar-refractivity contribution in [3.8, 4) is 11.5 Å². The van der Waals surface area contributed by atoms with Crippen LogP contribution in [-0.4, -0.2) is 15.2 Å². The summed E-state index contributed by atoms with van der Waals surface area (Å²) in [6.07, 6.45) is 0. The molecule has 0 saturated carbocycles. The fourth-order valence-electron chi connectivity index (χ4n) is 1.79. The van der Waals surface area contributed by atoms with E-state index in [1.54, 1.807) is 18.2 Å². The number of halogens is 1. The van der Waals surface area contributed by atoms with Gasteiger partial charge in [-0.3, -0.25) is 4.72 Å². The maximum atomic E-state index is 12.2. The molecule has 1 N–H and O–H groups in total. The first-order valence-corrected chi connectivity index (χ1v) is 7.59. The van der Waals surface area contributed by atoms with Crippen LogP contribution in [0.3, 0.4) is 0 Å². The highest BCUT2D eigenvalue weighted by Gasteiger charge is 2.17. The number of benzene rings is 2. The van der Waals surface area contributed by atoms with Gasteiger partial charge in [0.25, 0.3) is 10.0 Å². The van der Waals surface area contributed by atoms with Crippen LogP contribution in [0.4, 0.5) is 5.69 Å². The largest absolute Gasteiger partial charge is 0.454 e. The summed E-state index contributed by atoms with van der Waals surface area (Å²) in [5.41, 5.74) is 0.407. The standard InChI is InChI=1S/C13H10ClNO4S/c14-9-1-4-11(5-2-9)20(16,17)15-10-3-6-12-13(7-10)19-8-18-12/h1-7,15H,8H2. The fraction of sp³-hybridized carbons (Fsp3) is 0.0769. The average molecular weight is 312 g/mol. The molecule has 0 unspecified atom stereocenters. The third-order valence-corrected chi connectivity index (χ3v) is 4.40. The normalized spacial score (nSPS) is 13.2. The van der Waals surface area contributed by atoms with Crippen LogP contribution >= 0.6 is 11.6 Å². The zero-order chi connectivity index (χ0) is 14.2. The van der Waals surface area contributed by atoms with E-state index in [0.29, 0.717) is 22.2 Å².